The van der Waals surface area contributed by atoms with Gasteiger partial charge >= 0.3 is 0 Å². The zero-order chi connectivity index (χ0) is 17.0. The van der Waals surface area contributed by atoms with Gasteiger partial charge in [-0.15, -0.1) is 24.0 Å². The van der Waals surface area contributed by atoms with Crippen LogP contribution in [0, 0.1) is 6.92 Å². The third-order valence-corrected chi connectivity index (χ3v) is 3.13. The standard InChI is InChI=1S/C17H25N5O2.HI/c1-3-18-17(20-12-10-16-21-14(2)22-24-16)19-11-7-13-23-15-8-5-4-6-9-15;/h4-6,8-9H,3,7,10-13H2,1-2H3,(H2,18,19,20);1H. The fraction of sp³-hybridized carbons (Fsp3) is 0.471. The van der Waals surface area contributed by atoms with Crippen molar-refractivity contribution in [3.63, 3.8) is 0 Å². The Morgan fingerprint density at radius 1 is 1.24 bits per heavy atom. The van der Waals surface area contributed by atoms with E-state index in [2.05, 4.69) is 25.8 Å². The molecule has 1 aromatic heterocycles. The van der Waals surface area contributed by atoms with Gasteiger partial charge in [-0.2, -0.15) is 4.98 Å². The van der Waals surface area contributed by atoms with E-state index < -0.39 is 0 Å². The quantitative estimate of drug-likeness (QED) is 0.260. The molecule has 0 saturated heterocycles. The minimum Gasteiger partial charge on any atom is -0.494 e. The van der Waals surface area contributed by atoms with Crippen molar-refractivity contribution in [2.24, 2.45) is 4.99 Å². The van der Waals surface area contributed by atoms with Crippen molar-refractivity contribution in [3.05, 3.63) is 42.0 Å². The Morgan fingerprint density at radius 2 is 2.04 bits per heavy atom. The number of rotatable bonds is 9. The van der Waals surface area contributed by atoms with Gasteiger partial charge in [-0.05, 0) is 26.0 Å². The fourth-order valence-corrected chi connectivity index (χ4v) is 2.03. The lowest BCUT2D eigenvalue weighted by Gasteiger charge is -2.10. The van der Waals surface area contributed by atoms with Crippen LogP contribution in [0.3, 0.4) is 0 Å². The third-order valence-electron chi connectivity index (χ3n) is 3.13. The lowest BCUT2D eigenvalue weighted by Crippen LogP contribution is -2.38. The summed E-state index contributed by atoms with van der Waals surface area (Å²) in [7, 11) is 0. The molecule has 0 fully saturated rings. The van der Waals surface area contributed by atoms with E-state index in [0.29, 0.717) is 37.8 Å². The van der Waals surface area contributed by atoms with E-state index in [9.17, 15) is 0 Å². The van der Waals surface area contributed by atoms with Gasteiger partial charge in [-0.3, -0.25) is 4.99 Å². The number of aromatic nitrogens is 2. The van der Waals surface area contributed by atoms with Crippen LogP contribution in [-0.2, 0) is 6.42 Å². The number of aliphatic imine (C=N–C) groups is 1. The monoisotopic (exact) mass is 459 g/mol. The molecule has 0 bridgehead atoms. The first kappa shape index (κ1) is 21.2. The molecule has 0 spiro atoms. The molecule has 0 aliphatic rings. The first-order valence-corrected chi connectivity index (χ1v) is 8.27. The van der Waals surface area contributed by atoms with Crippen molar-refractivity contribution in [3.8, 4) is 5.75 Å². The highest BCUT2D eigenvalue weighted by atomic mass is 127. The zero-order valence-corrected chi connectivity index (χ0v) is 17.0. The Labute approximate surface area is 165 Å². The van der Waals surface area contributed by atoms with E-state index in [0.717, 1.165) is 24.7 Å². The molecule has 0 saturated carbocycles. The van der Waals surface area contributed by atoms with Gasteiger partial charge in [-0.25, -0.2) is 0 Å². The summed E-state index contributed by atoms with van der Waals surface area (Å²) in [6, 6.07) is 9.81. The average molecular weight is 459 g/mol. The van der Waals surface area contributed by atoms with E-state index >= 15 is 0 Å². The van der Waals surface area contributed by atoms with Crippen LogP contribution in [0.4, 0.5) is 0 Å². The highest BCUT2D eigenvalue weighted by Crippen LogP contribution is 2.08. The predicted octanol–water partition coefficient (Wildman–Crippen LogP) is 2.56. The summed E-state index contributed by atoms with van der Waals surface area (Å²) >= 11 is 0. The van der Waals surface area contributed by atoms with Crippen LogP contribution >= 0.6 is 24.0 Å². The van der Waals surface area contributed by atoms with Crippen LogP contribution in [0.15, 0.2) is 39.8 Å². The van der Waals surface area contributed by atoms with Crippen molar-refractivity contribution < 1.29 is 9.26 Å². The predicted molar refractivity (Wildman–Crippen MR) is 109 cm³/mol. The van der Waals surface area contributed by atoms with Gasteiger partial charge in [-0.1, -0.05) is 23.4 Å². The molecule has 0 aliphatic heterocycles. The second-order valence-electron chi connectivity index (χ2n) is 5.19. The Bertz CT molecular complexity index is 619. The largest absolute Gasteiger partial charge is 0.494 e. The molecular weight excluding hydrogens is 433 g/mol. The van der Waals surface area contributed by atoms with Crippen molar-refractivity contribution in [2.75, 3.05) is 26.2 Å². The Morgan fingerprint density at radius 3 is 2.72 bits per heavy atom. The fourth-order valence-electron chi connectivity index (χ4n) is 2.03. The summed E-state index contributed by atoms with van der Waals surface area (Å²) < 4.78 is 10.7. The molecule has 1 aromatic carbocycles. The van der Waals surface area contributed by atoms with Gasteiger partial charge in [0.2, 0.25) is 5.89 Å². The van der Waals surface area contributed by atoms with Crippen molar-refractivity contribution in [1.29, 1.82) is 0 Å². The number of guanidine groups is 1. The summed E-state index contributed by atoms with van der Waals surface area (Å²) in [6.45, 7) is 6.69. The highest BCUT2D eigenvalue weighted by Gasteiger charge is 2.03. The number of nitrogens with one attached hydrogen (secondary N) is 2. The molecule has 2 rings (SSSR count). The van der Waals surface area contributed by atoms with E-state index in [4.69, 9.17) is 9.26 Å². The molecule has 0 atom stereocenters. The minimum atomic E-state index is 0. The molecule has 138 valence electrons. The minimum absolute atomic E-state index is 0. The van der Waals surface area contributed by atoms with E-state index in [1.54, 1.807) is 0 Å². The average Bonchev–Trinajstić information content (AvgIpc) is 3.01. The molecular formula is C17H26IN5O2. The second-order valence-corrected chi connectivity index (χ2v) is 5.19. The summed E-state index contributed by atoms with van der Waals surface area (Å²) in [5.74, 6) is 2.96. The maximum atomic E-state index is 5.65. The lowest BCUT2D eigenvalue weighted by molar-refractivity contribution is 0.313. The first-order valence-electron chi connectivity index (χ1n) is 8.27. The molecule has 0 amide bonds. The normalized spacial score (nSPS) is 10.9. The number of halogens is 1. The number of para-hydroxylation sites is 1. The molecule has 0 radical (unpaired) electrons. The molecule has 8 heteroatoms. The second kappa shape index (κ2) is 12.5. The maximum absolute atomic E-state index is 5.65. The molecule has 0 aliphatic carbocycles. The first-order chi connectivity index (χ1) is 11.8. The smallest absolute Gasteiger partial charge is 0.228 e. The van der Waals surface area contributed by atoms with Gasteiger partial charge in [0.05, 0.1) is 6.61 Å². The molecule has 2 N–H and O–H groups in total. The van der Waals surface area contributed by atoms with Crippen molar-refractivity contribution >= 4 is 29.9 Å². The van der Waals surface area contributed by atoms with Crippen LogP contribution in [-0.4, -0.2) is 42.3 Å². The van der Waals surface area contributed by atoms with E-state index in [1.807, 2.05) is 44.2 Å². The molecule has 25 heavy (non-hydrogen) atoms. The van der Waals surface area contributed by atoms with Gasteiger partial charge in [0, 0.05) is 32.5 Å². The van der Waals surface area contributed by atoms with Crippen LogP contribution < -0.4 is 15.4 Å². The molecule has 7 nitrogen and oxygen atoms in total. The summed E-state index contributed by atoms with van der Waals surface area (Å²) in [5, 5.41) is 10.2. The highest BCUT2D eigenvalue weighted by molar-refractivity contribution is 14.0. The van der Waals surface area contributed by atoms with Gasteiger partial charge < -0.3 is 19.9 Å². The maximum Gasteiger partial charge on any atom is 0.228 e. The molecule has 1 heterocycles. The Hall–Kier alpha value is -1.84. The number of hydrogen-bond donors (Lipinski definition) is 2. The van der Waals surface area contributed by atoms with Crippen LogP contribution in [0.5, 0.6) is 5.75 Å². The number of hydrogen-bond acceptors (Lipinski definition) is 5. The Kier molecular flexibility index (Phi) is 10.6. The van der Waals surface area contributed by atoms with Gasteiger partial charge in [0.25, 0.3) is 0 Å². The topological polar surface area (TPSA) is 84.6 Å². The summed E-state index contributed by atoms with van der Waals surface area (Å²) in [5.41, 5.74) is 0. The SMILES string of the molecule is CCNC(=NCCCOc1ccccc1)NCCc1nc(C)no1.I. The lowest BCUT2D eigenvalue weighted by atomic mass is 10.3. The summed E-state index contributed by atoms with van der Waals surface area (Å²) in [6.07, 6.45) is 1.52. The van der Waals surface area contributed by atoms with Crippen LogP contribution in [0.2, 0.25) is 0 Å². The molecule has 2 aromatic rings. The van der Waals surface area contributed by atoms with Crippen molar-refractivity contribution in [1.82, 2.24) is 20.8 Å². The van der Waals surface area contributed by atoms with Crippen LogP contribution in [0.25, 0.3) is 0 Å². The van der Waals surface area contributed by atoms with Gasteiger partial charge in [0.15, 0.2) is 11.8 Å². The number of aryl methyl sites for hydroxylation is 1. The number of nitrogens with zero attached hydrogens (tertiary/aromatic N) is 3. The third kappa shape index (κ3) is 8.71. The summed E-state index contributed by atoms with van der Waals surface area (Å²) in [4.78, 5) is 8.70. The van der Waals surface area contributed by atoms with Crippen LogP contribution in [0.1, 0.15) is 25.1 Å². The molecule has 0 unspecified atom stereocenters. The van der Waals surface area contributed by atoms with Crippen molar-refractivity contribution in [2.45, 2.75) is 26.7 Å². The number of benzene rings is 1. The van der Waals surface area contributed by atoms with Gasteiger partial charge in [0.1, 0.15) is 5.75 Å². The zero-order valence-electron chi connectivity index (χ0n) is 14.7. The van der Waals surface area contributed by atoms with E-state index in [1.165, 1.54) is 0 Å². The number of ether oxygens (including phenoxy) is 1. The Balaban J connectivity index is 0.00000312. The van der Waals surface area contributed by atoms with E-state index in [-0.39, 0.29) is 24.0 Å².